The van der Waals surface area contributed by atoms with Gasteiger partial charge in [0.1, 0.15) is 5.82 Å². The predicted molar refractivity (Wildman–Crippen MR) is 109 cm³/mol. The number of ether oxygens (including phenoxy) is 1. The lowest BCUT2D eigenvalue weighted by Gasteiger charge is -2.27. The quantitative estimate of drug-likeness (QED) is 0.600. The fourth-order valence-electron chi connectivity index (χ4n) is 2.58. The zero-order valence-electron chi connectivity index (χ0n) is 17.2. The van der Waals surface area contributed by atoms with E-state index in [2.05, 4.69) is 0 Å². The zero-order chi connectivity index (χ0) is 21.8. The van der Waals surface area contributed by atoms with Gasteiger partial charge in [-0.2, -0.15) is 8.42 Å². The third-order valence-corrected chi connectivity index (χ3v) is 5.89. The van der Waals surface area contributed by atoms with Crippen molar-refractivity contribution >= 4 is 16.0 Å². The molecule has 0 heterocycles. The first kappa shape index (κ1) is 22.7. The second-order valence-corrected chi connectivity index (χ2v) is 9.24. The molecule has 0 saturated carbocycles. The minimum absolute atomic E-state index is 0.0561. The Bertz CT molecular complexity index is 973. The first-order valence-electron chi connectivity index (χ1n) is 9.22. The fraction of sp³-hybridized carbons (Fsp3) is 0.381. The van der Waals surface area contributed by atoms with Crippen molar-refractivity contribution in [1.29, 1.82) is 0 Å². The molecule has 0 spiro atoms. The molecule has 0 bridgehead atoms. The highest BCUT2D eigenvalue weighted by Gasteiger charge is 2.23. The van der Waals surface area contributed by atoms with Crippen molar-refractivity contribution in [3.05, 3.63) is 59.4 Å². The molecule has 0 radical (unpaired) electrons. The molecular weight excluding hydrogens is 397 g/mol. The number of carbonyl (C=O) groups is 1. The summed E-state index contributed by atoms with van der Waals surface area (Å²) in [6.07, 6.45) is 0. The van der Waals surface area contributed by atoms with Crippen LogP contribution >= 0.6 is 0 Å². The van der Waals surface area contributed by atoms with Crippen LogP contribution in [0.15, 0.2) is 42.5 Å². The van der Waals surface area contributed by atoms with Gasteiger partial charge in [-0.3, -0.25) is 4.79 Å². The Morgan fingerprint density at radius 2 is 1.76 bits per heavy atom. The average molecular weight is 424 g/mol. The van der Waals surface area contributed by atoms with E-state index in [4.69, 9.17) is 8.92 Å². The smallest absolute Gasteiger partial charge is 0.311 e. The zero-order valence-corrected chi connectivity index (χ0v) is 18.0. The van der Waals surface area contributed by atoms with Gasteiger partial charge in [0.2, 0.25) is 0 Å². The van der Waals surface area contributed by atoms with Gasteiger partial charge < -0.3 is 13.8 Å². The summed E-state index contributed by atoms with van der Waals surface area (Å²) in [5.41, 5.74) is 0.893. The Kier molecular flexibility index (Phi) is 7.24. The standard InChI is InChI=1S/C21H26FNO5S/c1-14(2)23(21(24)17-7-6-8-18(22)12-17)13-16-9-10-19(27-5)20(11-16)28-29(25,26)15(3)4/h6-12,14-15H,13H2,1-5H3. The van der Waals surface area contributed by atoms with Crippen molar-refractivity contribution in [3.8, 4) is 11.5 Å². The second-order valence-electron chi connectivity index (χ2n) is 7.15. The number of benzene rings is 2. The van der Waals surface area contributed by atoms with Gasteiger partial charge in [0.15, 0.2) is 11.5 Å². The molecule has 2 rings (SSSR count). The number of carbonyl (C=O) groups excluding carboxylic acids is 1. The summed E-state index contributed by atoms with van der Waals surface area (Å²) in [5.74, 6) is -0.489. The lowest BCUT2D eigenvalue weighted by atomic mass is 10.1. The monoisotopic (exact) mass is 423 g/mol. The van der Waals surface area contributed by atoms with Crippen molar-refractivity contribution in [2.24, 2.45) is 0 Å². The topological polar surface area (TPSA) is 72.9 Å². The SMILES string of the molecule is COc1ccc(CN(C(=O)c2cccc(F)c2)C(C)C)cc1OS(=O)(=O)C(C)C. The van der Waals surface area contributed by atoms with E-state index in [1.807, 2.05) is 13.8 Å². The molecule has 2 aromatic rings. The highest BCUT2D eigenvalue weighted by Crippen LogP contribution is 2.31. The van der Waals surface area contributed by atoms with Crippen LogP contribution in [-0.2, 0) is 16.7 Å². The van der Waals surface area contributed by atoms with Crippen LogP contribution in [-0.4, -0.2) is 37.6 Å². The lowest BCUT2D eigenvalue weighted by molar-refractivity contribution is 0.0689. The number of methoxy groups -OCH3 is 1. The number of hydrogen-bond donors (Lipinski definition) is 0. The molecule has 1 amide bonds. The Morgan fingerprint density at radius 1 is 1.07 bits per heavy atom. The molecule has 0 aliphatic rings. The molecule has 0 unspecified atom stereocenters. The number of amides is 1. The van der Waals surface area contributed by atoms with Crippen molar-refractivity contribution in [2.45, 2.75) is 45.5 Å². The Hall–Kier alpha value is -2.61. The van der Waals surface area contributed by atoms with Crippen LogP contribution in [0, 0.1) is 5.82 Å². The summed E-state index contributed by atoms with van der Waals surface area (Å²) < 4.78 is 48.3. The highest BCUT2D eigenvalue weighted by molar-refractivity contribution is 7.87. The van der Waals surface area contributed by atoms with Gasteiger partial charge >= 0.3 is 10.1 Å². The summed E-state index contributed by atoms with van der Waals surface area (Å²) in [6, 6.07) is 10.2. The molecular formula is C21H26FNO5S. The van der Waals surface area contributed by atoms with E-state index in [1.165, 1.54) is 45.2 Å². The van der Waals surface area contributed by atoms with Gasteiger partial charge in [-0.15, -0.1) is 0 Å². The minimum Gasteiger partial charge on any atom is -0.493 e. The van der Waals surface area contributed by atoms with E-state index in [9.17, 15) is 17.6 Å². The maximum absolute atomic E-state index is 13.5. The van der Waals surface area contributed by atoms with Crippen LogP contribution in [0.25, 0.3) is 0 Å². The normalized spacial score (nSPS) is 11.6. The molecule has 6 nitrogen and oxygen atoms in total. The van der Waals surface area contributed by atoms with Gasteiger partial charge in [-0.25, -0.2) is 4.39 Å². The summed E-state index contributed by atoms with van der Waals surface area (Å²) in [7, 11) is -2.40. The van der Waals surface area contributed by atoms with Gasteiger partial charge in [-0.1, -0.05) is 12.1 Å². The summed E-state index contributed by atoms with van der Waals surface area (Å²) >= 11 is 0. The maximum Gasteiger partial charge on any atom is 0.311 e. The number of nitrogens with zero attached hydrogens (tertiary/aromatic N) is 1. The Balaban J connectivity index is 2.35. The lowest BCUT2D eigenvalue weighted by Crippen LogP contribution is -2.36. The van der Waals surface area contributed by atoms with Crippen molar-refractivity contribution in [2.75, 3.05) is 7.11 Å². The molecule has 0 aliphatic carbocycles. The van der Waals surface area contributed by atoms with Crippen molar-refractivity contribution < 1.29 is 26.5 Å². The fourth-order valence-corrected chi connectivity index (χ4v) is 3.15. The highest BCUT2D eigenvalue weighted by atomic mass is 32.2. The Labute approximate surface area is 171 Å². The summed E-state index contributed by atoms with van der Waals surface area (Å²) in [6.45, 7) is 6.92. The molecule has 0 aromatic heterocycles. The van der Waals surface area contributed by atoms with Crippen LogP contribution in [0.5, 0.6) is 11.5 Å². The first-order chi connectivity index (χ1) is 13.5. The number of halogens is 1. The molecule has 8 heteroatoms. The molecule has 0 saturated heterocycles. The number of rotatable bonds is 8. The van der Waals surface area contributed by atoms with E-state index in [0.717, 1.165) is 0 Å². The summed E-state index contributed by atoms with van der Waals surface area (Å²) in [4.78, 5) is 14.4. The van der Waals surface area contributed by atoms with Crippen molar-refractivity contribution in [3.63, 3.8) is 0 Å². The second kappa shape index (κ2) is 9.26. The molecule has 0 N–H and O–H groups in total. The molecule has 2 aromatic carbocycles. The molecule has 0 fully saturated rings. The van der Waals surface area contributed by atoms with Crippen LogP contribution in [0.3, 0.4) is 0 Å². The van der Waals surface area contributed by atoms with E-state index in [-0.39, 0.29) is 35.6 Å². The third-order valence-electron chi connectivity index (χ3n) is 4.32. The molecule has 0 aliphatic heterocycles. The van der Waals surface area contributed by atoms with Crippen LogP contribution in [0.2, 0.25) is 0 Å². The maximum atomic E-state index is 13.5. The molecule has 0 atom stereocenters. The third kappa shape index (κ3) is 5.69. The number of hydrogen-bond acceptors (Lipinski definition) is 5. The summed E-state index contributed by atoms with van der Waals surface area (Å²) in [5, 5.41) is -0.724. The van der Waals surface area contributed by atoms with Gasteiger partial charge in [0, 0.05) is 18.2 Å². The van der Waals surface area contributed by atoms with Crippen LogP contribution in [0.4, 0.5) is 4.39 Å². The van der Waals surface area contributed by atoms with Gasteiger partial charge in [0.25, 0.3) is 5.91 Å². The van der Waals surface area contributed by atoms with E-state index < -0.39 is 21.2 Å². The van der Waals surface area contributed by atoms with Crippen LogP contribution < -0.4 is 8.92 Å². The largest absolute Gasteiger partial charge is 0.493 e. The predicted octanol–water partition coefficient (Wildman–Crippen LogP) is 4.00. The van der Waals surface area contributed by atoms with Crippen molar-refractivity contribution in [1.82, 2.24) is 4.90 Å². The Morgan fingerprint density at radius 3 is 2.31 bits per heavy atom. The average Bonchev–Trinajstić information content (AvgIpc) is 2.65. The van der Waals surface area contributed by atoms with E-state index in [1.54, 1.807) is 23.1 Å². The van der Waals surface area contributed by atoms with Gasteiger partial charge in [0.05, 0.1) is 12.4 Å². The van der Waals surface area contributed by atoms with Crippen LogP contribution in [0.1, 0.15) is 43.6 Å². The minimum atomic E-state index is -3.81. The van der Waals surface area contributed by atoms with E-state index >= 15 is 0 Å². The van der Waals surface area contributed by atoms with E-state index in [0.29, 0.717) is 5.56 Å². The van der Waals surface area contributed by atoms with Gasteiger partial charge in [-0.05, 0) is 63.6 Å². The first-order valence-corrected chi connectivity index (χ1v) is 10.7. The molecule has 29 heavy (non-hydrogen) atoms. The molecule has 158 valence electrons.